The molecule has 2 aromatic heterocycles. The van der Waals surface area contributed by atoms with Gasteiger partial charge in [-0.2, -0.15) is 13.2 Å². The summed E-state index contributed by atoms with van der Waals surface area (Å²) < 4.78 is 77.6. The Hall–Kier alpha value is -4.79. The van der Waals surface area contributed by atoms with Crippen LogP contribution in [0, 0.1) is 5.41 Å². The Kier molecular flexibility index (Phi) is 20.1. The van der Waals surface area contributed by atoms with Gasteiger partial charge in [0.05, 0.1) is 97.1 Å². The second kappa shape index (κ2) is 25.6. The molecular weight excluding hydrogens is 860 g/mol. The van der Waals surface area contributed by atoms with E-state index in [9.17, 15) is 27.6 Å². The number of hydrogen-bond donors (Lipinski definition) is 3. The van der Waals surface area contributed by atoms with Gasteiger partial charge < -0.3 is 48.9 Å². The van der Waals surface area contributed by atoms with Gasteiger partial charge in [-0.1, -0.05) is 38.1 Å². The van der Waals surface area contributed by atoms with Crippen molar-refractivity contribution in [1.29, 1.82) is 0 Å². The van der Waals surface area contributed by atoms with Gasteiger partial charge >= 0.3 is 12.1 Å². The Bertz CT molecular complexity index is 2110. The summed E-state index contributed by atoms with van der Waals surface area (Å²) in [5.74, 6) is -1.79. The van der Waals surface area contributed by atoms with Crippen LogP contribution >= 0.6 is 11.3 Å². The van der Waals surface area contributed by atoms with Crippen LogP contribution in [0.4, 0.5) is 18.2 Å². The first-order valence-corrected chi connectivity index (χ1v) is 21.8. The van der Waals surface area contributed by atoms with Crippen LogP contribution in [0.3, 0.4) is 0 Å². The molecule has 0 spiro atoms. The predicted molar refractivity (Wildman–Crippen MR) is 233 cm³/mol. The molecule has 0 unspecified atom stereocenters. The number of rotatable bonds is 28. The van der Waals surface area contributed by atoms with Crippen molar-refractivity contribution >= 4 is 34.1 Å². The van der Waals surface area contributed by atoms with Crippen LogP contribution in [0.5, 0.6) is 0 Å². The van der Waals surface area contributed by atoms with Gasteiger partial charge in [-0.15, -0.1) is 11.3 Å². The van der Waals surface area contributed by atoms with E-state index in [1.165, 1.54) is 29.7 Å². The number of thiophene rings is 1. The summed E-state index contributed by atoms with van der Waals surface area (Å²) in [7, 11) is 0. The Balaban J connectivity index is 1.03. The van der Waals surface area contributed by atoms with Gasteiger partial charge in [0.25, 0.3) is 11.8 Å². The number of nitrogens with zero attached hydrogens (tertiary/aromatic N) is 1. The lowest BCUT2D eigenvalue weighted by molar-refractivity contribution is -0.142. The number of pyridine rings is 1. The van der Waals surface area contributed by atoms with Crippen LogP contribution < -0.4 is 10.6 Å². The number of aromatic nitrogens is 1. The van der Waals surface area contributed by atoms with Gasteiger partial charge in [-0.25, -0.2) is 4.79 Å². The smallest absolute Gasteiger partial charge is 0.416 e. The van der Waals surface area contributed by atoms with Crippen molar-refractivity contribution in [2.75, 3.05) is 91.2 Å². The molecule has 3 N–H and O–H groups in total. The lowest BCUT2D eigenvalue weighted by Crippen LogP contribution is -2.23. The average Bonchev–Trinajstić information content (AvgIpc) is 3.61. The fraction of sp³-hybridized carbons (Fsp3) is 0.478. The van der Waals surface area contributed by atoms with E-state index in [2.05, 4.69) is 29.5 Å². The number of carbonyl (C=O) groups excluding carboxylic acids is 2. The number of carbonyl (C=O) groups is 3. The van der Waals surface area contributed by atoms with Crippen molar-refractivity contribution in [2.24, 2.45) is 5.41 Å². The molecule has 1 aliphatic carbocycles. The molecule has 4 aromatic rings. The lowest BCUT2D eigenvalue weighted by atomic mass is 9.76. The zero-order valence-corrected chi connectivity index (χ0v) is 36.9. The molecule has 2 aromatic carbocycles. The fourth-order valence-corrected chi connectivity index (χ4v) is 8.17. The van der Waals surface area contributed by atoms with Crippen LogP contribution in [0.1, 0.15) is 68.1 Å². The van der Waals surface area contributed by atoms with Crippen molar-refractivity contribution in [3.05, 3.63) is 105 Å². The van der Waals surface area contributed by atoms with Crippen molar-refractivity contribution in [2.45, 2.75) is 52.4 Å². The number of anilines is 1. The standard InChI is InChI=1S/C46H56F3N3O11S/c1-45(2)11-9-37-39(28-45)64-44(41(37)38-27-35(10-12-50-38)42(55)51-29-32-5-4-8-36(26-32)46(47,48)49)52-43(56)34-7-3-6-33(25-34)30-62-23-21-60-19-17-58-15-13-57-14-16-59-18-20-61-22-24-63-31-40(53)54/h3-8,10,12,25-27H,9,11,13-24,28-31H2,1-2H3,(H,51,55)(H,52,56)(H,53,54). The van der Waals surface area contributed by atoms with Gasteiger partial charge in [-0.3, -0.25) is 14.6 Å². The lowest BCUT2D eigenvalue weighted by Gasteiger charge is -2.29. The Morgan fingerprint density at radius 3 is 1.94 bits per heavy atom. The molecule has 0 saturated carbocycles. The average molecular weight is 916 g/mol. The van der Waals surface area contributed by atoms with E-state index in [1.807, 2.05) is 6.07 Å². The van der Waals surface area contributed by atoms with Crippen LogP contribution in [0.25, 0.3) is 11.3 Å². The minimum atomic E-state index is -4.49. The van der Waals surface area contributed by atoms with E-state index < -0.39 is 23.6 Å². The molecule has 0 aliphatic heterocycles. The highest BCUT2D eigenvalue weighted by molar-refractivity contribution is 7.17. The predicted octanol–water partition coefficient (Wildman–Crippen LogP) is 7.23. The molecule has 0 bridgehead atoms. The summed E-state index contributed by atoms with van der Waals surface area (Å²) in [4.78, 5) is 43.2. The summed E-state index contributed by atoms with van der Waals surface area (Å²) in [6.07, 6.45) is -0.449. The number of amides is 2. The maximum absolute atomic E-state index is 13.8. The second-order valence-electron chi connectivity index (χ2n) is 15.6. The third-order valence-corrected chi connectivity index (χ3v) is 11.1. The quantitative estimate of drug-likeness (QED) is 0.0489. The van der Waals surface area contributed by atoms with Crippen molar-refractivity contribution in [3.8, 4) is 11.3 Å². The number of aliphatic carboxylic acids is 1. The summed E-state index contributed by atoms with van der Waals surface area (Å²) >= 11 is 1.51. The Morgan fingerprint density at radius 1 is 0.734 bits per heavy atom. The zero-order valence-electron chi connectivity index (χ0n) is 36.1. The first-order valence-electron chi connectivity index (χ1n) is 21.0. The molecule has 2 amide bonds. The number of carboxylic acid groups (broad SMARTS) is 1. The maximum atomic E-state index is 13.8. The summed E-state index contributed by atoms with van der Waals surface area (Å²) in [6, 6.07) is 15.2. The van der Waals surface area contributed by atoms with E-state index in [0.29, 0.717) is 100 Å². The molecule has 64 heavy (non-hydrogen) atoms. The Labute approximate surface area is 374 Å². The summed E-state index contributed by atoms with van der Waals surface area (Å²) in [6.45, 7) is 8.73. The molecule has 0 fully saturated rings. The minimum Gasteiger partial charge on any atom is -0.480 e. The SMILES string of the molecule is CC1(C)CCc2c(sc(NC(=O)c3cccc(COCCOCCOCCOCCOCCOCCOCC(=O)O)c3)c2-c2cc(C(=O)NCc3cccc(C(F)(F)F)c3)ccn2)C1. The van der Waals surface area contributed by atoms with Gasteiger partial charge in [0, 0.05) is 34.3 Å². The van der Waals surface area contributed by atoms with E-state index in [0.717, 1.165) is 53.0 Å². The van der Waals surface area contributed by atoms with E-state index >= 15 is 0 Å². The number of carboxylic acids is 1. The van der Waals surface area contributed by atoms with Crippen LogP contribution in [0.15, 0.2) is 66.9 Å². The molecule has 2 heterocycles. The van der Waals surface area contributed by atoms with Crippen LogP contribution in [-0.2, 0) is 70.1 Å². The molecule has 5 rings (SSSR count). The van der Waals surface area contributed by atoms with Gasteiger partial charge in [0.15, 0.2) is 0 Å². The molecule has 348 valence electrons. The van der Waals surface area contributed by atoms with Gasteiger partial charge in [0.2, 0.25) is 0 Å². The highest BCUT2D eigenvalue weighted by Gasteiger charge is 2.32. The van der Waals surface area contributed by atoms with Crippen molar-refractivity contribution in [1.82, 2.24) is 10.3 Å². The zero-order chi connectivity index (χ0) is 45.8. The summed E-state index contributed by atoms with van der Waals surface area (Å²) in [5.41, 5.74) is 3.51. The first-order chi connectivity index (χ1) is 30.8. The largest absolute Gasteiger partial charge is 0.480 e. The number of nitrogens with one attached hydrogen (secondary N) is 2. The van der Waals surface area contributed by atoms with Crippen LogP contribution in [0.2, 0.25) is 0 Å². The van der Waals surface area contributed by atoms with Gasteiger partial charge in [-0.05, 0) is 77.8 Å². The summed E-state index contributed by atoms with van der Waals surface area (Å²) in [5, 5.41) is 15.0. The number of ether oxygens (including phenoxy) is 7. The highest BCUT2D eigenvalue weighted by atomic mass is 32.1. The van der Waals surface area contributed by atoms with Crippen molar-refractivity contribution < 1.29 is 65.8 Å². The number of fused-ring (bicyclic) bond motifs is 1. The molecule has 18 heteroatoms. The molecule has 0 saturated heterocycles. The normalized spacial score (nSPS) is 13.4. The van der Waals surface area contributed by atoms with Crippen LogP contribution in [-0.4, -0.2) is 114 Å². The third-order valence-electron chi connectivity index (χ3n) is 9.91. The molecule has 1 aliphatic rings. The molecule has 0 radical (unpaired) electrons. The van der Waals surface area contributed by atoms with Crippen molar-refractivity contribution in [3.63, 3.8) is 0 Å². The maximum Gasteiger partial charge on any atom is 0.416 e. The molecular formula is C46H56F3N3O11S. The monoisotopic (exact) mass is 915 g/mol. The minimum absolute atomic E-state index is 0.0689. The first kappa shape index (κ1) is 50.2. The third kappa shape index (κ3) is 17.0. The van der Waals surface area contributed by atoms with E-state index in [4.69, 9.17) is 38.3 Å². The number of halogens is 3. The molecule has 0 atom stereocenters. The van der Waals surface area contributed by atoms with E-state index in [1.54, 1.807) is 30.3 Å². The number of hydrogen-bond acceptors (Lipinski definition) is 12. The van der Waals surface area contributed by atoms with Gasteiger partial charge in [0.1, 0.15) is 11.6 Å². The van der Waals surface area contributed by atoms with E-state index in [-0.39, 0.29) is 37.7 Å². The molecule has 14 nitrogen and oxygen atoms in total. The number of alkyl halides is 3. The Morgan fingerprint density at radius 2 is 1.31 bits per heavy atom. The number of benzene rings is 2. The second-order valence-corrected chi connectivity index (χ2v) is 16.7. The highest BCUT2D eigenvalue weighted by Crippen LogP contribution is 2.47. The fourth-order valence-electron chi connectivity index (χ4n) is 6.66. The topological polar surface area (TPSA) is 173 Å².